The third-order valence-electron chi connectivity index (χ3n) is 2.52. The number of halogens is 1. The number of ether oxygens (including phenoxy) is 1. The second kappa shape index (κ2) is 5.35. The number of nitrogens with two attached hydrogens (primary N) is 1. The van der Waals surface area contributed by atoms with Crippen LogP contribution in [0.5, 0.6) is 11.6 Å². The zero-order chi connectivity index (χ0) is 13.1. The van der Waals surface area contributed by atoms with Gasteiger partial charge in [-0.1, -0.05) is 26.0 Å². The summed E-state index contributed by atoms with van der Waals surface area (Å²) in [6.45, 7) is 4.27. The van der Waals surface area contributed by atoms with Crippen LogP contribution in [0.3, 0.4) is 0 Å². The molecule has 2 N–H and O–H groups in total. The monoisotopic (exact) mass is 307 g/mol. The first kappa shape index (κ1) is 12.8. The summed E-state index contributed by atoms with van der Waals surface area (Å²) in [4.78, 5) is 7.92. The van der Waals surface area contributed by atoms with Gasteiger partial charge in [0.1, 0.15) is 22.4 Å². The molecule has 1 aromatic carbocycles. The van der Waals surface area contributed by atoms with Gasteiger partial charge >= 0.3 is 0 Å². The Kier molecular flexibility index (Phi) is 3.81. The minimum absolute atomic E-state index is 0.361. The van der Waals surface area contributed by atoms with Crippen LogP contribution in [0.25, 0.3) is 0 Å². The normalized spacial score (nSPS) is 10.7. The number of nitrogen functional groups attached to an aromatic ring is 1. The molecule has 0 aliphatic carbocycles. The van der Waals surface area contributed by atoms with Crippen LogP contribution in [0.4, 0.5) is 5.82 Å². The average molecular weight is 308 g/mol. The van der Waals surface area contributed by atoms with E-state index in [9.17, 15) is 0 Å². The first-order valence-electron chi connectivity index (χ1n) is 5.61. The Morgan fingerprint density at radius 2 is 2.06 bits per heavy atom. The van der Waals surface area contributed by atoms with Crippen molar-refractivity contribution in [2.24, 2.45) is 0 Å². The summed E-state index contributed by atoms with van der Waals surface area (Å²) in [6, 6.07) is 7.91. The third kappa shape index (κ3) is 2.79. The van der Waals surface area contributed by atoms with E-state index in [-0.39, 0.29) is 0 Å². The van der Waals surface area contributed by atoms with Crippen LogP contribution in [0, 0.1) is 0 Å². The van der Waals surface area contributed by atoms with Gasteiger partial charge in [0.15, 0.2) is 0 Å². The second-order valence-corrected chi connectivity index (χ2v) is 5.00. The van der Waals surface area contributed by atoms with E-state index in [0.29, 0.717) is 22.1 Å². The number of hydrogen-bond donors (Lipinski definition) is 1. The van der Waals surface area contributed by atoms with Crippen LogP contribution in [-0.4, -0.2) is 9.97 Å². The quantitative estimate of drug-likeness (QED) is 0.938. The molecule has 94 valence electrons. The maximum atomic E-state index is 5.70. The molecule has 4 nitrogen and oxygen atoms in total. The van der Waals surface area contributed by atoms with Crippen molar-refractivity contribution < 1.29 is 4.74 Å². The Balaban J connectivity index is 2.28. The maximum absolute atomic E-state index is 5.70. The van der Waals surface area contributed by atoms with Crippen molar-refractivity contribution in [3.63, 3.8) is 0 Å². The van der Waals surface area contributed by atoms with Crippen LogP contribution in [0.15, 0.2) is 35.1 Å². The van der Waals surface area contributed by atoms with Gasteiger partial charge in [-0.2, -0.15) is 0 Å². The van der Waals surface area contributed by atoms with E-state index in [2.05, 4.69) is 45.8 Å². The maximum Gasteiger partial charge on any atom is 0.238 e. The van der Waals surface area contributed by atoms with Crippen molar-refractivity contribution in [2.45, 2.75) is 19.8 Å². The minimum Gasteiger partial charge on any atom is -0.438 e. The molecule has 18 heavy (non-hydrogen) atoms. The number of nitrogens with zero attached hydrogens (tertiary/aromatic N) is 2. The highest BCUT2D eigenvalue weighted by molar-refractivity contribution is 9.10. The number of rotatable bonds is 3. The first-order chi connectivity index (χ1) is 8.58. The smallest absolute Gasteiger partial charge is 0.238 e. The zero-order valence-corrected chi connectivity index (χ0v) is 11.8. The lowest BCUT2D eigenvalue weighted by atomic mass is 10.0. The number of benzene rings is 1. The number of aromatic nitrogens is 2. The lowest BCUT2D eigenvalue weighted by molar-refractivity contribution is 0.457. The van der Waals surface area contributed by atoms with E-state index in [1.807, 2.05) is 18.2 Å². The fraction of sp³-hybridized carbons (Fsp3) is 0.231. The molecule has 0 saturated heterocycles. The van der Waals surface area contributed by atoms with E-state index in [4.69, 9.17) is 10.5 Å². The molecule has 0 fully saturated rings. The summed E-state index contributed by atoms with van der Waals surface area (Å²) in [7, 11) is 0. The molecular formula is C13H14BrN3O. The molecular weight excluding hydrogens is 294 g/mol. The summed E-state index contributed by atoms with van der Waals surface area (Å²) in [5.41, 5.74) is 6.89. The molecule has 0 radical (unpaired) electrons. The van der Waals surface area contributed by atoms with E-state index in [0.717, 1.165) is 5.75 Å². The van der Waals surface area contributed by atoms with E-state index in [1.165, 1.54) is 11.9 Å². The highest BCUT2D eigenvalue weighted by Crippen LogP contribution is 2.31. The Hall–Kier alpha value is -1.62. The Morgan fingerprint density at radius 1 is 1.28 bits per heavy atom. The minimum atomic E-state index is 0.361. The summed E-state index contributed by atoms with van der Waals surface area (Å²) in [5.74, 6) is 1.97. The van der Waals surface area contributed by atoms with Gasteiger partial charge in [-0.15, -0.1) is 0 Å². The van der Waals surface area contributed by atoms with Crippen LogP contribution in [0.1, 0.15) is 25.3 Å². The van der Waals surface area contributed by atoms with E-state index < -0.39 is 0 Å². The summed E-state index contributed by atoms with van der Waals surface area (Å²) >= 11 is 3.31. The predicted octanol–water partition coefficient (Wildman–Crippen LogP) is 3.74. The third-order valence-corrected chi connectivity index (χ3v) is 3.27. The van der Waals surface area contributed by atoms with Crippen molar-refractivity contribution in [1.82, 2.24) is 9.97 Å². The van der Waals surface area contributed by atoms with E-state index >= 15 is 0 Å². The summed E-state index contributed by atoms with van der Waals surface area (Å²) in [5, 5.41) is 0. The van der Waals surface area contributed by atoms with Gasteiger partial charge in [0, 0.05) is 0 Å². The van der Waals surface area contributed by atoms with Crippen molar-refractivity contribution in [1.29, 1.82) is 0 Å². The molecule has 1 aromatic heterocycles. The largest absolute Gasteiger partial charge is 0.438 e. The van der Waals surface area contributed by atoms with Crippen LogP contribution in [0.2, 0.25) is 0 Å². The van der Waals surface area contributed by atoms with Gasteiger partial charge in [-0.3, -0.25) is 0 Å². The molecule has 2 aromatic rings. The topological polar surface area (TPSA) is 61.0 Å². The van der Waals surface area contributed by atoms with Crippen molar-refractivity contribution in [3.8, 4) is 11.6 Å². The van der Waals surface area contributed by atoms with Crippen molar-refractivity contribution >= 4 is 21.7 Å². The lowest BCUT2D eigenvalue weighted by Gasteiger charge is -2.10. The molecule has 0 saturated carbocycles. The fourth-order valence-electron chi connectivity index (χ4n) is 1.49. The van der Waals surface area contributed by atoms with Gasteiger partial charge in [0.25, 0.3) is 0 Å². The molecule has 0 unspecified atom stereocenters. The average Bonchev–Trinajstić information content (AvgIpc) is 2.35. The summed E-state index contributed by atoms with van der Waals surface area (Å²) in [6.07, 6.45) is 1.38. The Morgan fingerprint density at radius 3 is 2.78 bits per heavy atom. The lowest BCUT2D eigenvalue weighted by Crippen LogP contribution is -1.97. The Bertz CT molecular complexity index is 558. The zero-order valence-electron chi connectivity index (χ0n) is 10.2. The highest BCUT2D eigenvalue weighted by Gasteiger charge is 2.09. The number of hydrogen-bond acceptors (Lipinski definition) is 4. The highest BCUT2D eigenvalue weighted by atomic mass is 79.9. The van der Waals surface area contributed by atoms with Crippen molar-refractivity contribution in [2.75, 3.05) is 5.73 Å². The fourth-order valence-corrected chi connectivity index (χ4v) is 1.77. The standard InChI is InChI=1S/C13H14BrN3O/c1-8(2)9-4-3-5-10(6-9)18-13-11(14)12(15)16-7-17-13/h3-8H,1-2H3,(H2,15,16,17). The van der Waals surface area contributed by atoms with Gasteiger partial charge in [0.2, 0.25) is 5.88 Å². The second-order valence-electron chi connectivity index (χ2n) is 4.21. The Labute approximate surface area is 114 Å². The van der Waals surface area contributed by atoms with Gasteiger partial charge in [-0.25, -0.2) is 9.97 Å². The van der Waals surface area contributed by atoms with Gasteiger partial charge < -0.3 is 10.5 Å². The van der Waals surface area contributed by atoms with E-state index in [1.54, 1.807) is 0 Å². The van der Waals surface area contributed by atoms with Crippen LogP contribution >= 0.6 is 15.9 Å². The van der Waals surface area contributed by atoms with Crippen molar-refractivity contribution in [3.05, 3.63) is 40.6 Å². The number of anilines is 1. The summed E-state index contributed by atoms with van der Waals surface area (Å²) < 4.78 is 6.27. The molecule has 0 aliphatic heterocycles. The first-order valence-corrected chi connectivity index (χ1v) is 6.41. The molecule has 1 heterocycles. The van der Waals surface area contributed by atoms with Gasteiger partial charge in [0.05, 0.1) is 0 Å². The molecule has 0 aliphatic rings. The van der Waals surface area contributed by atoms with Crippen LogP contribution in [-0.2, 0) is 0 Å². The molecule has 0 atom stereocenters. The molecule has 0 bridgehead atoms. The molecule has 2 rings (SSSR count). The van der Waals surface area contributed by atoms with Gasteiger partial charge in [-0.05, 0) is 39.5 Å². The molecule has 0 amide bonds. The van der Waals surface area contributed by atoms with Crippen LogP contribution < -0.4 is 10.5 Å². The predicted molar refractivity (Wildman–Crippen MR) is 74.7 cm³/mol. The SMILES string of the molecule is CC(C)c1cccc(Oc2ncnc(N)c2Br)c1. The molecule has 0 spiro atoms. The molecule has 5 heteroatoms.